The fourth-order valence-corrected chi connectivity index (χ4v) is 4.69. The summed E-state index contributed by atoms with van der Waals surface area (Å²) in [4.78, 5) is 36.5. The molecule has 0 spiro atoms. The molecule has 1 aliphatic heterocycles. The van der Waals surface area contributed by atoms with E-state index in [-0.39, 0.29) is 11.8 Å². The minimum atomic E-state index is 0.0236. The molecule has 3 aromatic rings. The highest BCUT2D eigenvalue weighted by Gasteiger charge is 2.21. The number of para-hydroxylation sites is 1. The molecule has 35 heavy (non-hydrogen) atoms. The number of rotatable bonds is 4. The van der Waals surface area contributed by atoms with Crippen LogP contribution in [0.3, 0.4) is 0 Å². The first-order valence-electron chi connectivity index (χ1n) is 12.4. The first-order valence-corrected chi connectivity index (χ1v) is 12.4. The smallest absolute Gasteiger partial charge is 0.227 e. The van der Waals surface area contributed by atoms with Gasteiger partial charge in [-0.3, -0.25) is 19.5 Å². The van der Waals surface area contributed by atoms with Crippen molar-refractivity contribution in [2.75, 3.05) is 31.1 Å². The van der Waals surface area contributed by atoms with E-state index in [9.17, 15) is 9.59 Å². The number of hydrogen-bond donors (Lipinski definition) is 0. The summed E-state index contributed by atoms with van der Waals surface area (Å²) in [5.41, 5.74) is 4.10. The van der Waals surface area contributed by atoms with Gasteiger partial charge in [0.15, 0.2) is 0 Å². The van der Waals surface area contributed by atoms with E-state index in [1.807, 2.05) is 76.7 Å². The minimum Gasteiger partial charge on any atom is -0.338 e. The molecular weight excluding hydrogens is 436 g/mol. The van der Waals surface area contributed by atoms with Gasteiger partial charge in [-0.25, -0.2) is 0 Å². The van der Waals surface area contributed by atoms with Gasteiger partial charge in [-0.2, -0.15) is 0 Å². The molecule has 0 saturated heterocycles. The van der Waals surface area contributed by atoms with Gasteiger partial charge in [0.1, 0.15) is 0 Å². The molecule has 2 heterocycles. The summed E-state index contributed by atoms with van der Waals surface area (Å²) in [5.74, 6) is 0.131. The highest BCUT2D eigenvalue weighted by molar-refractivity contribution is 5.92. The van der Waals surface area contributed by atoms with E-state index in [2.05, 4.69) is 16.0 Å². The van der Waals surface area contributed by atoms with Crippen LogP contribution in [-0.2, 0) is 29.1 Å². The number of nitrogens with zero attached hydrogens (tertiary/aromatic N) is 4. The van der Waals surface area contributed by atoms with Gasteiger partial charge in [-0.15, -0.1) is 0 Å². The van der Waals surface area contributed by atoms with Gasteiger partial charge in [0, 0.05) is 64.3 Å². The SMILES string of the molecule is CC(=O)N1CCCN(Cc2cccnc2)CCCN(C(=O)Cc2ccccc2)Cc2ccccc21. The Morgan fingerprint density at radius 2 is 1.54 bits per heavy atom. The zero-order valence-electron chi connectivity index (χ0n) is 20.5. The predicted octanol–water partition coefficient (Wildman–Crippen LogP) is 4.30. The van der Waals surface area contributed by atoms with Gasteiger partial charge in [0.25, 0.3) is 0 Å². The van der Waals surface area contributed by atoms with E-state index in [0.717, 1.165) is 49.3 Å². The average molecular weight is 471 g/mol. The van der Waals surface area contributed by atoms with E-state index in [1.165, 1.54) is 5.56 Å². The molecule has 0 N–H and O–H groups in total. The summed E-state index contributed by atoms with van der Waals surface area (Å²) in [6, 6.07) is 21.9. The summed E-state index contributed by atoms with van der Waals surface area (Å²) in [6.07, 6.45) is 5.84. The average Bonchev–Trinajstić information content (AvgIpc) is 2.86. The Morgan fingerprint density at radius 3 is 2.29 bits per heavy atom. The molecule has 2 amide bonds. The van der Waals surface area contributed by atoms with Crippen LogP contribution in [0.15, 0.2) is 79.1 Å². The Morgan fingerprint density at radius 1 is 0.829 bits per heavy atom. The Hall–Kier alpha value is -3.51. The van der Waals surface area contributed by atoms with Gasteiger partial charge in [-0.05, 0) is 41.7 Å². The highest BCUT2D eigenvalue weighted by Crippen LogP contribution is 2.24. The number of pyridine rings is 1. The maximum atomic E-state index is 13.4. The molecule has 182 valence electrons. The fraction of sp³-hybridized carbons (Fsp3) is 0.345. The molecule has 0 unspecified atom stereocenters. The van der Waals surface area contributed by atoms with Crippen molar-refractivity contribution in [1.82, 2.24) is 14.8 Å². The maximum Gasteiger partial charge on any atom is 0.227 e. The standard InChI is InChI=1S/C29H34N4O2/c1-24(34)33-19-9-17-31(22-26-12-7-15-30-21-26)16-8-18-32(23-27-13-5-6-14-28(27)33)29(35)20-25-10-3-2-4-11-25/h2-7,10-15,21H,8-9,16-20,22-23H2,1H3. The van der Waals surface area contributed by atoms with Gasteiger partial charge in [0.05, 0.1) is 6.42 Å². The van der Waals surface area contributed by atoms with Crippen LogP contribution in [0.1, 0.15) is 36.5 Å². The molecule has 4 rings (SSSR count). The van der Waals surface area contributed by atoms with Crippen LogP contribution in [0, 0.1) is 0 Å². The van der Waals surface area contributed by atoms with Crippen LogP contribution in [0.4, 0.5) is 5.69 Å². The number of amides is 2. The van der Waals surface area contributed by atoms with Crippen molar-refractivity contribution in [3.63, 3.8) is 0 Å². The Balaban J connectivity index is 1.58. The maximum absolute atomic E-state index is 13.4. The Labute approximate surface area is 208 Å². The van der Waals surface area contributed by atoms with Crippen molar-refractivity contribution in [3.8, 4) is 0 Å². The molecule has 0 atom stereocenters. The monoisotopic (exact) mass is 470 g/mol. The number of fused-ring (bicyclic) bond motifs is 1. The lowest BCUT2D eigenvalue weighted by atomic mass is 10.1. The second kappa shape index (κ2) is 12.3. The van der Waals surface area contributed by atoms with Crippen molar-refractivity contribution in [3.05, 3.63) is 95.8 Å². The molecule has 1 aromatic heterocycles. The first kappa shape index (κ1) is 24.6. The van der Waals surface area contributed by atoms with Crippen LogP contribution >= 0.6 is 0 Å². The van der Waals surface area contributed by atoms with Crippen molar-refractivity contribution >= 4 is 17.5 Å². The number of hydrogen-bond acceptors (Lipinski definition) is 4. The number of aromatic nitrogens is 1. The highest BCUT2D eigenvalue weighted by atomic mass is 16.2. The summed E-state index contributed by atoms with van der Waals surface area (Å²) in [6.45, 7) is 5.99. The van der Waals surface area contributed by atoms with E-state index in [4.69, 9.17) is 0 Å². The quantitative estimate of drug-likeness (QED) is 0.571. The molecule has 0 aliphatic carbocycles. The van der Waals surface area contributed by atoms with Crippen molar-refractivity contribution < 1.29 is 9.59 Å². The third-order valence-corrected chi connectivity index (χ3v) is 6.46. The second-order valence-electron chi connectivity index (χ2n) is 9.12. The molecule has 0 saturated carbocycles. The molecule has 0 bridgehead atoms. The lowest BCUT2D eigenvalue weighted by Crippen LogP contribution is -2.38. The van der Waals surface area contributed by atoms with Crippen LogP contribution in [0.2, 0.25) is 0 Å². The van der Waals surface area contributed by atoms with Crippen LogP contribution < -0.4 is 4.90 Å². The molecule has 2 aromatic carbocycles. The van der Waals surface area contributed by atoms with Crippen LogP contribution in [0.5, 0.6) is 0 Å². The third-order valence-electron chi connectivity index (χ3n) is 6.46. The number of carbonyl (C=O) groups is 2. The third kappa shape index (κ3) is 6.99. The van der Waals surface area contributed by atoms with Crippen molar-refractivity contribution in [2.45, 2.75) is 39.3 Å². The zero-order chi connectivity index (χ0) is 24.5. The molecular formula is C29H34N4O2. The van der Waals surface area contributed by atoms with E-state index < -0.39 is 0 Å². The Kier molecular flexibility index (Phi) is 8.63. The summed E-state index contributed by atoms with van der Waals surface area (Å²) in [7, 11) is 0. The number of carbonyl (C=O) groups excluding carboxylic acids is 2. The summed E-state index contributed by atoms with van der Waals surface area (Å²) in [5, 5.41) is 0. The van der Waals surface area contributed by atoms with Gasteiger partial charge in [-0.1, -0.05) is 54.6 Å². The normalized spacial score (nSPS) is 15.6. The van der Waals surface area contributed by atoms with Crippen molar-refractivity contribution in [1.29, 1.82) is 0 Å². The molecule has 1 aliphatic rings. The molecule has 6 heteroatoms. The van der Waals surface area contributed by atoms with Gasteiger partial charge < -0.3 is 9.80 Å². The number of anilines is 1. The number of benzene rings is 2. The van der Waals surface area contributed by atoms with Gasteiger partial charge >= 0.3 is 0 Å². The first-order chi connectivity index (χ1) is 17.1. The molecule has 6 nitrogen and oxygen atoms in total. The van der Waals surface area contributed by atoms with Crippen molar-refractivity contribution in [2.24, 2.45) is 0 Å². The van der Waals surface area contributed by atoms with Gasteiger partial charge in [0.2, 0.25) is 11.8 Å². The van der Waals surface area contributed by atoms with Crippen LogP contribution in [0.25, 0.3) is 0 Å². The largest absolute Gasteiger partial charge is 0.338 e. The summed E-state index contributed by atoms with van der Waals surface area (Å²) < 4.78 is 0. The van der Waals surface area contributed by atoms with E-state index in [1.54, 1.807) is 13.1 Å². The Bertz CT molecular complexity index is 1100. The lowest BCUT2D eigenvalue weighted by molar-refractivity contribution is -0.131. The lowest BCUT2D eigenvalue weighted by Gasteiger charge is -2.31. The topological polar surface area (TPSA) is 56.8 Å². The molecule has 0 radical (unpaired) electrons. The minimum absolute atomic E-state index is 0.0236. The zero-order valence-corrected chi connectivity index (χ0v) is 20.5. The second-order valence-corrected chi connectivity index (χ2v) is 9.12. The summed E-state index contributed by atoms with van der Waals surface area (Å²) >= 11 is 0. The fourth-order valence-electron chi connectivity index (χ4n) is 4.69. The van der Waals surface area contributed by atoms with E-state index in [0.29, 0.717) is 26.1 Å². The molecule has 0 fully saturated rings. The van der Waals surface area contributed by atoms with E-state index >= 15 is 0 Å². The predicted molar refractivity (Wildman–Crippen MR) is 139 cm³/mol. The van der Waals surface area contributed by atoms with Crippen LogP contribution in [-0.4, -0.2) is 52.8 Å².